The van der Waals surface area contributed by atoms with Gasteiger partial charge in [0.15, 0.2) is 0 Å². The predicted molar refractivity (Wildman–Crippen MR) is 66.2 cm³/mol. The Morgan fingerprint density at radius 3 is 2.21 bits per heavy atom. The molecule has 0 aliphatic carbocycles. The fraction of sp³-hybridized carbons (Fsp3) is 0.417. The molecule has 0 aliphatic heterocycles. The molecule has 0 fully saturated rings. The molecule has 1 aromatic rings. The molecule has 2 unspecified atom stereocenters. The minimum atomic E-state index is -1.50. The fourth-order valence-electron chi connectivity index (χ4n) is 1.69. The Balaban J connectivity index is 3.03. The number of carboxylic acids is 1. The molecule has 0 saturated heterocycles. The third-order valence-electron chi connectivity index (χ3n) is 2.73. The number of benzene rings is 1. The first-order valence-corrected chi connectivity index (χ1v) is 5.68. The number of rotatable bonds is 6. The highest BCUT2D eigenvalue weighted by molar-refractivity contribution is 5.89. The van der Waals surface area contributed by atoms with Crippen LogP contribution in [0.4, 0.5) is 0 Å². The zero-order valence-electron chi connectivity index (χ0n) is 10.4. The van der Waals surface area contributed by atoms with Gasteiger partial charge in [-0.2, -0.15) is 0 Å². The first kappa shape index (κ1) is 15.2. The Morgan fingerprint density at radius 2 is 1.79 bits per heavy atom. The number of aromatic hydroxyl groups is 2. The largest absolute Gasteiger partial charge is 0.507 e. The maximum Gasteiger partial charge on any atom is 0.335 e. The van der Waals surface area contributed by atoms with E-state index in [9.17, 15) is 25.2 Å². The van der Waals surface area contributed by atoms with Gasteiger partial charge in [-0.3, -0.25) is 0 Å². The van der Waals surface area contributed by atoms with Crippen molar-refractivity contribution in [2.75, 3.05) is 13.6 Å². The molecule has 0 aromatic heterocycles. The second kappa shape index (κ2) is 6.37. The Labute approximate surface area is 109 Å². The molecule has 0 spiro atoms. The van der Waals surface area contributed by atoms with Crippen LogP contribution in [0.1, 0.15) is 28.4 Å². The van der Waals surface area contributed by atoms with Crippen molar-refractivity contribution in [2.45, 2.75) is 18.6 Å². The molecule has 7 heteroatoms. The van der Waals surface area contributed by atoms with E-state index in [1.165, 1.54) is 0 Å². The summed E-state index contributed by atoms with van der Waals surface area (Å²) in [5.74, 6) is -2.47. The third-order valence-corrected chi connectivity index (χ3v) is 2.73. The molecular formula is C12H17NO6. The molecule has 1 rings (SSSR count). The molecule has 2 atom stereocenters. The van der Waals surface area contributed by atoms with Crippen molar-refractivity contribution in [1.82, 2.24) is 5.32 Å². The number of aliphatic hydroxyl groups excluding tert-OH is 2. The van der Waals surface area contributed by atoms with Gasteiger partial charge in [0.25, 0.3) is 0 Å². The lowest BCUT2D eigenvalue weighted by atomic mass is 9.98. The van der Waals surface area contributed by atoms with Gasteiger partial charge in [0.1, 0.15) is 17.6 Å². The van der Waals surface area contributed by atoms with E-state index in [0.717, 1.165) is 12.1 Å². The van der Waals surface area contributed by atoms with Crippen LogP contribution in [-0.2, 0) is 0 Å². The van der Waals surface area contributed by atoms with Gasteiger partial charge >= 0.3 is 5.97 Å². The number of carbonyl (C=O) groups is 1. The molecule has 7 nitrogen and oxygen atoms in total. The number of carboxylic acid groups (broad SMARTS) is 1. The Kier molecular flexibility index (Phi) is 5.11. The highest BCUT2D eigenvalue weighted by Crippen LogP contribution is 2.36. The van der Waals surface area contributed by atoms with Gasteiger partial charge in [-0.25, -0.2) is 4.79 Å². The van der Waals surface area contributed by atoms with E-state index < -0.39 is 29.7 Å². The number of nitrogens with one attached hydrogen (secondary N) is 1. The van der Waals surface area contributed by atoms with Gasteiger partial charge in [0, 0.05) is 0 Å². The molecule has 106 valence electrons. The molecule has 0 heterocycles. The van der Waals surface area contributed by atoms with Crippen molar-refractivity contribution < 1.29 is 30.3 Å². The lowest BCUT2D eigenvalue weighted by Crippen LogP contribution is -2.23. The summed E-state index contributed by atoms with van der Waals surface area (Å²) < 4.78 is 0. The summed E-state index contributed by atoms with van der Waals surface area (Å²) in [6, 6.07) is 1.82. The van der Waals surface area contributed by atoms with Gasteiger partial charge in [0.2, 0.25) is 0 Å². The lowest BCUT2D eigenvalue weighted by Gasteiger charge is -2.20. The minimum absolute atomic E-state index is 0.206. The number of hydrogen-bond acceptors (Lipinski definition) is 6. The first-order valence-electron chi connectivity index (χ1n) is 5.68. The number of phenolic OH excluding ortho intramolecular Hbond substituents is 2. The minimum Gasteiger partial charge on any atom is -0.507 e. The Hall–Kier alpha value is -1.83. The first-order chi connectivity index (χ1) is 8.88. The summed E-state index contributed by atoms with van der Waals surface area (Å²) in [6.45, 7) is 0.437. The Bertz CT molecular complexity index is 439. The second-order valence-corrected chi connectivity index (χ2v) is 4.14. The van der Waals surface area contributed by atoms with Crippen LogP contribution in [0.2, 0.25) is 0 Å². The second-order valence-electron chi connectivity index (χ2n) is 4.14. The highest BCUT2D eigenvalue weighted by Gasteiger charge is 2.25. The Morgan fingerprint density at radius 1 is 1.26 bits per heavy atom. The van der Waals surface area contributed by atoms with E-state index >= 15 is 0 Å². The van der Waals surface area contributed by atoms with Crippen molar-refractivity contribution >= 4 is 5.97 Å². The predicted octanol–water partition coefficient (Wildman–Crippen LogP) is -0.200. The zero-order valence-corrected chi connectivity index (χ0v) is 10.4. The van der Waals surface area contributed by atoms with E-state index in [2.05, 4.69) is 5.32 Å². The summed E-state index contributed by atoms with van der Waals surface area (Å²) in [5.41, 5.74) is -0.593. The van der Waals surface area contributed by atoms with Crippen LogP contribution in [-0.4, -0.2) is 51.2 Å². The summed E-state index contributed by atoms with van der Waals surface area (Å²) in [5, 5.41) is 50.4. The molecule has 0 aliphatic rings. The topological polar surface area (TPSA) is 130 Å². The summed E-state index contributed by atoms with van der Waals surface area (Å²) in [4.78, 5) is 10.7. The average Bonchev–Trinajstić information content (AvgIpc) is 2.34. The molecule has 1 aromatic carbocycles. The van der Waals surface area contributed by atoms with Gasteiger partial charge in [-0.15, -0.1) is 0 Å². The van der Waals surface area contributed by atoms with Crippen molar-refractivity contribution in [1.29, 1.82) is 0 Å². The number of aliphatic hydroxyl groups is 2. The van der Waals surface area contributed by atoms with Crippen molar-refractivity contribution in [2.24, 2.45) is 0 Å². The summed E-state index contributed by atoms with van der Waals surface area (Å²) in [7, 11) is 1.68. The fourth-order valence-corrected chi connectivity index (χ4v) is 1.69. The van der Waals surface area contributed by atoms with Gasteiger partial charge in [-0.1, -0.05) is 0 Å². The zero-order chi connectivity index (χ0) is 14.6. The molecule has 0 saturated carbocycles. The van der Waals surface area contributed by atoms with Crippen molar-refractivity contribution in [3.8, 4) is 11.5 Å². The maximum absolute atomic E-state index is 10.7. The van der Waals surface area contributed by atoms with Crippen LogP contribution in [0.25, 0.3) is 0 Å². The van der Waals surface area contributed by atoms with E-state index in [4.69, 9.17) is 5.11 Å². The van der Waals surface area contributed by atoms with Crippen LogP contribution in [0.15, 0.2) is 12.1 Å². The smallest absolute Gasteiger partial charge is 0.335 e. The van der Waals surface area contributed by atoms with E-state index in [1.54, 1.807) is 7.05 Å². The van der Waals surface area contributed by atoms with Crippen LogP contribution >= 0.6 is 0 Å². The monoisotopic (exact) mass is 271 g/mol. The van der Waals surface area contributed by atoms with Crippen LogP contribution < -0.4 is 5.32 Å². The molecule has 0 radical (unpaired) electrons. The van der Waals surface area contributed by atoms with Crippen LogP contribution in [0, 0.1) is 0 Å². The quantitative estimate of drug-likeness (QED) is 0.422. The molecule has 0 bridgehead atoms. The molecule has 0 amide bonds. The van der Waals surface area contributed by atoms with Crippen LogP contribution in [0.3, 0.4) is 0 Å². The van der Waals surface area contributed by atoms with E-state index in [1.807, 2.05) is 0 Å². The van der Waals surface area contributed by atoms with Gasteiger partial charge < -0.3 is 30.8 Å². The molecule has 19 heavy (non-hydrogen) atoms. The third kappa shape index (κ3) is 3.57. The number of hydrogen-bond donors (Lipinski definition) is 6. The van der Waals surface area contributed by atoms with Crippen LogP contribution in [0.5, 0.6) is 11.5 Å². The maximum atomic E-state index is 10.7. The van der Waals surface area contributed by atoms with Gasteiger partial charge in [-0.05, 0) is 32.1 Å². The standard InChI is InChI=1S/C12H17NO6/c1-13-3-2-7(14)11(17)10-8(15)4-6(12(18)19)5-9(10)16/h4-5,7,11,13-17H,2-3H2,1H3,(H,18,19). The lowest BCUT2D eigenvalue weighted by molar-refractivity contribution is 0.0114. The number of phenols is 2. The number of aromatic carboxylic acids is 1. The summed E-state index contributed by atoms with van der Waals surface area (Å²) in [6.07, 6.45) is -2.49. The van der Waals surface area contributed by atoms with Crippen molar-refractivity contribution in [3.63, 3.8) is 0 Å². The van der Waals surface area contributed by atoms with Crippen molar-refractivity contribution in [3.05, 3.63) is 23.3 Å². The van der Waals surface area contributed by atoms with E-state index in [0.29, 0.717) is 6.54 Å². The van der Waals surface area contributed by atoms with Gasteiger partial charge in [0.05, 0.1) is 17.2 Å². The average molecular weight is 271 g/mol. The summed E-state index contributed by atoms with van der Waals surface area (Å²) >= 11 is 0. The highest BCUT2D eigenvalue weighted by atomic mass is 16.4. The SMILES string of the molecule is CNCCC(O)C(O)c1c(O)cc(C(=O)O)cc1O. The molecule has 6 N–H and O–H groups in total. The normalized spacial score (nSPS) is 14.1. The van der Waals surface area contributed by atoms with E-state index in [-0.39, 0.29) is 17.5 Å². The molecular weight excluding hydrogens is 254 g/mol.